The largest absolute Gasteiger partial charge is 0.396 e. The monoisotopic (exact) mass is 264 g/mol. The highest BCUT2D eigenvalue weighted by Crippen LogP contribution is 2.26. The molecule has 2 rings (SSSR count). The lowest BCUT2D eigenvalue weighted by Crippen LogP contribution is -2.30. The van der Waals surface area contributed by atoms with Crippen molar-refractivity contribution in [3.63, 3.8) is 0 Å². The minimum atomic E-state index is 0.0172. The number of aryl methyl sites for hydroxylation is 1. The summed E-state index contributed by atoms with van der Waals surface area (Å²) in [4.78, 5) is 11.8. The van der Waals surface area contributed by atoms with E-state index in [2.05, 4.69) is 10.4 Å². The van der Waals surface area contributed by atoms with Crippen LogP contribution in [0.15, 0.2) is 0 Å². The minimum absolute atomic E-state index is 0.0172. The number of carbonyl (C=O) groups is 1. The summed E-state index contributed by atoms with van der Waals surface area (Å²) in [6.07, 6.45) is 6.45. The van der Waals surface area contributed by atoms with Crippen LogP contribution in [0, 0.1) is 19.8 Å². The van der Waals surface area contributed by atoms with Gasteiger partial charge in [0.2, 0.25) is 5.91 Å². The third-order valence-electron chi connectivity index (χ3n) is 4.08. The SMILES string of the molecule is Cc1nn(CC(=O)NCCC2CCCC2)c(C)c1N. The summed E-state index contributed by atoms with van der Waals surface area (Å²) in [6.45, 7) is 4.78. The number of nitrogen functional groups attached to an aromatic ring is 1. The van der Waals surface area contributed by atoms with Crippen molar-refractivity contribution in [2.45, 2.75) is 52.5 Å². The Labute approximate surface area is 114 Å². The lowest BCUT2D eigenvalue weighted by atomic mass is 10.0. The van der Waals surface area contributed by atoms with Crippen molar-refractivity contribution < 1.29 is 4.79 Å². The molecule has 1 heterocycles. The van der Waals surface area contributed by atoms with E-state index in [1.54, 1.807) is 4.68 Å². The number of nitrogens with zero attached hydrogens (tertiary/aromatic N) is 2. The van der Waals surface area contributed by atoms with E-state index in [0.29, 0.717) is 5.69 Å². The third-order valence-corrected chi connectivity index (χ3v) is 4.08. The van der Waals surface area contributed by atoms with Crippen molar-refractivity contribution in [1.29, 1.82) is 0 Å². The molecule has 0 atom stereocenters. The molecule has 106 valence electrons. The summed E-state index contributed by atoms with van der Waals surface area (Å²) in [5.41, 5.74) is 8.18. The van der Waals surface area contributed by atoms with Crippen LogP contribution >= 0.6 is 0 Å². The van der Waals surface area contributed by atoms with Crippen LogP contribution in [0.5, 0.6) is 0 Å². The average molecular weight is 264 g/mol. The van der Waals surface area contributed by atoms with Crippen LogP contribution in [0.1, 0.15) is 43.5 Å². The van der Waals surface area contributed by atoms with E-state index in [1.165, 1.54) is 25.7 Å². The Morgan fingerprint density at radius 1 is 1.42 bits per heavy atom. The summed E-state index contributed by atoms with van der Waals surface area (Å²) in [5, 5.41) is 7.24. The Kier molecular flexibility index (Phi) is 4.45. The van der Waals surface area contributed by atoms with Gasteiger partial charge >= 0.3 is 0 Å². The molecule has 0 saturated heterocycles. The van der Waals surface area contributed by atoms with Gasteiger partial charge in [0, 0.05) is 6.54 Å². The van der Waals surface area contributed by atoms with Crippen molar-refractivity contribution in [3.05, 3.63) is 11.4 Å². The second-order valence-electron chi connectivity index (χ2n) is 5.53. The fourth-order valence-corrected chi connectivity index (χ4v) is 2.77. The molecule has 5 nitrogen and oxygen atoms in total. The number of carbonyl (C=O) groups excluding carboxylic acids is 1. The molecule has 3 N–H and O–H groups in total. The van der Waals surface area contributed by atoms with Crippen LogP contribution in [-0.2, 0) is 11.3 Å². The molecule has 0 aromatic carbocycles. The molecular formula is C14H24N4O. The third kappa shape index (κ3) is 3.49. The normalized spacial score (nSPS) is 15.9. The minimum Gasteiger partial charge on any atom is -0.396 e. The van der Waals surface area contributed by atoms with E-state index in [-0.39, 0.29) is 12.5 Å². The lowest BCUT2D eigenvalue weighted by Gasteiger charge is -2.10. The number of hydrogen-bond acceptors (Lipinski definition) is 3. The van der Waals surface area contributed by atoms with Crippen LogP contribution in [-0.4, -0.2) is 22.2 Å². The van der Waals surface area contributed by atoms with Gasteiger partial charge in [-0.05, 0) is 26.2 Å². The van der Waals surface area contributed by atoms with Gasteiger partial charge in [-0.25, -0.2) is 0 Å². The molecule has 0 aliphatic heterocycles. The Morgan fingerprint density at radius 2 is 2.11 bits per heavy atom. The van der Waals surface area contributed by atoms with Crippen LogP contribution in [0.25, 0.3) is 0 Å². The van der Waals surface area contributed by atoms with Crippen molar-refractivity contribution >= 4 is 11.6 Å². The van der Waals surface area contributed by atoms with Crippen molar-refractivity contribution in [2.24, 2.45) is 5.92 Å². The van der Waals surface area contributed by atoms with E-state index >= 15 is 0 Å². The molecule has 1 aliphatic carbocycles. The number of hydrogen-bond donors (Lipinski definition) is 2. The van der Waals surface area contributed by atoms with Crippen molar-refractivity contribution in [1.82, 2.24) is 15.1 Å². The second-order valence-corrected chi connectivity index (χ2v) is 5.53. The summed E-state index contributed by atoms with van der Waals surface area (Å²) < 4.78 is 1.68. The van der Waals surface area contributed by atoms with Gasteiger partial charge in [-0.15, -0.1) is 0 Å². The Morgan fingerprint density at radius 3 is 2.68 bits per heavy atom. The molecule has 1 fully saturated rings. The maximum atomic E-state index is 11.8. The number of anilines is 1. The van der Waals surface area contributed by atoms with Crippen LogP contribution in [0.4, 0.5) is 5.69 Å². The first kappa shape index (κ1) is 13.9. The molecule has 0 bridgehead atoms. The molecule has 0 unspecified atom stereocenters. The molecule has 1 amide bonds. The first-order valence-electron chi connectivity index (χ1n) is 7.14. The molecular weight excluding hydrogens is 240 g/mol. The van der Waals surface area contributed by atoms with E-state index in [9.17, 15) is 4.79 Å². The quantitative estimate of drug-likeness (QED) is 0.851. The van der Waals surface area contributed by atoms with Gasteiger partial charge in [0.15, 0.2) is 0 Å². The summed E-state index contributed by atoms with van der Waals surface area (Å²) >= 11 is 0. The second kappa shape index (κ2) is 6.08. The molecule has 0 radical (unpaired) electrons. The zero-order chi connectivity index (χ0) is 13.8. The Balaban J connectivity index is 1.75. The molecule has 5 heteroatoms. The van der Waals surface area contributed by atoms with Crippen molar-refractivity contribution in [3.8, 4) is 0 Å². The number of rotatable bonds is 5. The fourth-order valence-electron chi connectivity index (χ4n) is 2.77. The first-order valence-corrected chi connectivity index (χ1v) is 7.14. The van der Waals surface area contributed by atoms with E-state index in [0.717, 1.165) is 30.3 Å². The highest BCUT2D eigenvalue weighted by molar-refractivity contribution is 5.75. The zero-order valence-corrected chi connectivity index (χ0v) is 11.9. The number of aromatic nitrogens is 2. The molecule has 1 aromatic rings. The Bertz CT molecular complexity index is 447. The van der Waals surface area contributed by atoms with Gasteiger partial charge in [0.1, 0.15) is 6.54 Å². The van der Waals surface area contributed by atoms with Gasteiger partial charge in [0.25, 0.3) is 0 Å². The van der Waals surface area contributed by atoms with Crippen LogP contribution in [0.3, 0.4) is 0 Å². The van der Waals surface area contributed by atoms with Gasteiger partial charge in [-0.2, -0.15) is 5.10 Å². The predicted octanol–water partition coefficient (Wildman–Crippen LogP) is 1.78. The fraction of sp³-hybridized carbons (Fsp3) is 0.714. The van der Waals surface area contributed by atoms with E-state index in [4.69, 9.17) is 5.73 Å². The maximum absolute atomic E-state index is 11.8. The van der Waals surface area contributed by atoms with Gasteiger partial charge < -0.3 is 11.1 Å². The predicted molar refractivity (Wildman–Crippen MR) is 75.7 cm³/mol. The molecule has 1 aromatic heterocycles. The van der Waals surface area contributed by atoms with Gasteiger partial charge in [-0.3, -0.25) is 9.48 Å². The summed E-state index contributed by atoms with van der Waals surface area (Å²) in [6, 6.07) is 0. The van der Waals surface area contributed by atoms with Crippen molar-refractivity contribution in [2.75, 3.05) is 12.3 Å². The maximum Gasteiger partial charge on any atom is 0.241 e. The van der Waals surface area contributed by atoms with E-state index in [1.807, 2.05) is 13.8 Å². The molecule has 1 saturated carbocycles. The zero-order valence-electron chi connectivity index (χ0n) is 11.9. The smallest absolute Gasteiger partial charge is 0.241 e. The molecule has 1 aliphatic rings. The Hall–Kier alpha value is -1.52. The van der Waals surface area contributed by atoms with Gasteiger partial charge in [-0.1, -0.05) is 25.7 Å². The first-order chi connectivity index (χ1) is 9.08. The highest BCUT2D eigenvalue weighted by atomic mass is 16.2. The van der Waals surface area contributed by atoms with Crippen LogP contribution in [0.2, 0.25) is 0 Å². The molecule has 0 spiro atoms. The number of nitrogens with two attached hydrogens (primary N) is 1. The van der Waals surface area contributed by atoms with Gasteiger partial charge in [0.05, 0.1) is 17.1 Å². The summed E-state index contributed by atoms with van der Waals surface area (Å²) in [5.74, 6) is 0.827. The summed E-state index contributed by atoms with van der Waals surface area (Å²) in [7, 11) is 0. The lowest BCUT2D eigenvalue weighted by molar-refractivity contribution is -0.121. The average Bonchev–Trinajstić information content (AvgIpc) is 2.96. The number of nitrogens with one attached hydrogen (secondary N) is 1. The topological polar surface area (TPSA) is 72.9 Å². The molecule has 19 heavy (non-hydrogen) atoms. The van der Waals surface area contributed by atoms with E-state index < -0.39 is 0 Å². The van der Waals surface area contributed by atoms with Crippen LogP contribution < -0.4 is 11.1 Å². The number of amides is 1. The highest BCUT2D eigenvalue weighted by Gasteiger charge is 2.15. The standard InChI is InChI=1S/C14H24N4O/c1-10-14(15)11(2)18(17-10)9-13(19)16-8-7-12-5-3-4-6-12/h12H,3-9,15H2,1-2H3,(H,16,19).